The monoisotopic (exact) mass is 371 g/mol. The first-order valence-electron chi connectivity index (χ1n) is 8.00. The van der Waals surface area contributed by atoms with Crippen LogP contribution in [0.15, 0.2) is 47.5 Å². The van der Waals surface area contributed by atoms with E-state index in [1.165, 1.54) is 19.0 Å². The summed E-state index contributed by atoms with van der Waals surface area (Å²) in [6.07, 6.45) is -1.95. The van der Waals surface area contributed by atoms with Gasteiger partial charge < -0.3 is 15.0 Å². The maximum atomic E-state index is 12.6. The van der Waals surface area contributed by atoms with E-state index in [4.69, 9.17) is 16.3 Å². The lowest BCUT2D eigenvalue weighted by Gasteiger charge is -2.16. The van der Waals surface area contributed by atoms with Crippen molar-refractivity contribution in [3.63, 3.8) is 0 Å². The molecule has 0 saturated carbocycles. The molecule has 0 aliphatic carbocycles. The van der Waals surface area contributed by atoms with Gasteiger partial charge in [-0.15, -0.1) is 0 Å². The molecule has 0 radical (unpaired) electrons. The normalized spacial score (nSPS) is 16.1. The van der Waals surface area contributed by atoms with E-state index in [1.807, 2.05) is 37.3 Å². The lowest BCUT2D eigenvalue weighted by molar-refractivity contribution is -0.124. The molecule has 3 rings (SSSR count). The Morgan fingerprint density at radius 3 is 2.54 bits per heavy atom. The van der Waals surface area contributed by atoms with Crippen LogP contribution in [0.1, 0.15) is 16.7 Å². The third-order valence-electron chi connectivity index (χ3n) is 3.99. The molecule has 0 fully saturated rings. The number of nitrogens with one attached hydrogen (secondary N) is 1. The van der Waals surface area contributed by atoms with Gasteiger partial charge in [-0.1, -0.05) is 41.9 Å². The van der Waals surface area contributed by atoms with Crippen molar-refractivity contribution < 1.29 is 14.3 Å². The first kappa shape index (κ1) is 17.9. The highest BCUT2D eigenvalue weighted by atomic mass is 35.5. The number of benzene rings is 2. The van der Waals surface area contributed by atoms with Gasteiger partial charge in [-0.25, -0.2) is 9.79 Å². The molecule has 2 aromatic rings. The van der Waals surface area contributed by atoms with Gasteiger partial charge in [0.25, 0.3) is 12.1 Å². The van der Waals surface area contributed by atoms with Gasteiger partial charge in [0.05, 0.1) is 11.4 Å². The van der Waals surface area contributed by atoms with E-state index in [0.29, 0.717) is 22.0 Å². The van der Waals surface area contributed by atoms with Crippen LogP contribution < -0.4 is 5.32 Å². The zero-order valence-corrected chi connectivity index (χ0v) is 15.4. The molecule has 1 N–H and O–H groups in total. The van der Waals surface area contributed by atoms with E-state index in [2.05, 4.69) is 10.3 Å². The maximum Gasteiger partial charge on any atom is 0.411 e. The number of rotatable bonds is 2. The molecule has 2 aromatic carbocycles. The summed E-state index contributed by atoms with van der Waals surface area (Å²) in [6.45, 7) is 1.86. The van der Waals surface area contributed by atoms with E-state index >= 15 is 0 Å². The van der Waals surface area contributed by atoms with E-state index in [-0.39, 0.29) is 0 Å². The van der Waals surface area contributed by atoms with Crippen LogP contribution in [0.4, 0.5) is 10.5 Å². The number of fused-ring (bicyclic) bond motifs is 1. The van der Waals surface area contributed by atoms with E-state index in [1.54, 1.807) is 12.1 Å². The van der Waals surface area contributed by atoms with Gasteiger partial charge in [-0.3, -0.25) is 4.79 Å². The summed E-state index contributed by atoms with van der Waals surface area (Å²) in [5.41, 5.74) is 3.40. The van der Waals surface area contributed by atoms with Crippen molar-refractivity contribution in [2.45, 2.75) is 13.2 Å². The Labute approximate surface area is 156 Å². The minimum Gasteiger partial charge on any atom is -0.414 e. The fourth-order valence-corrected chi connectivity index (χ4v) is 2.78. The molecule has 0 saturated heterocycles. The predicted octanol–water partition coefficient (Wildman–Crippen LogP) is 3.46. The topological polar surface area (TPSA) is 71.0 Å². The number of carbonyl (C=O) groups excluding carboxylic acids is 2. The van der Waals surface area contributed by atoms with Gasteiger partial charge in [0, 0.05) is 30.2 Å². The van der Waals surface area contributed by atoms with Gasteiger partial charge in [0.2, 0.25) is 0 Å². The second kappa shape index (κ2) is 7.17. The molecule has 1 unspecified atom stereocenters. The fourth-order valence-electron chi connectivity index (χ4n) is 2.63. The predicted molar refractivity (Wildman–Crippen MR) is 101 cm³/mol. The van der Waals surface area contributed by atoms with Gasteiger partial charge in [0.1, 0.15) is 0 Å². The average Bonchev–Trinajstić information content (AvgIpc) is 2.76. The number of amides is 2. The standard InChI is InChI=1S/C19H18ClN3O3/c1-11-13(20)9-10-14-15(11)16(12-7-5-4-6-8-12)22-18(17(24)21-14)26-19(25)23(2)3/h4-10,18H,1-3H3,(H,21,24). The maximum absolute atomic E-state index is 12.6. The molecule has 7 heteroatoms. The largest absolute Gasteiger partial charge is 0.414 e. The highest BCUT2D eigenvalue weighted by Crippen LogP contribution is 2.31. The highest BCUT2D eigenvalue weighted by molar-refractivity contribution is 6.33. The molecule has 1 atom stereocenters. The number of nitrogens with zero attached hydrogens (tertiary/aromatic N) is 2. The van der Waals surface area contributed by atoms with Crippen LogP contribution >= 0.6 is 11.6 Å². The Morgan fingerprint density at radius 2 is 1.88 bits per heavy atom. The van der Waals surface area contributed by atoms with E-state index < -0.39 is 18.2 Å². The summed E-state index contributed by atoms with van der Waals surface area (Å²) in [5, 5.41) is 3.34. The van der Waals surface area contributed by atoms with Crippen molar-refractivity contribution in [1.29, 1.82) is 0 Å². The van der Waals surface area contributed by atoms with Crippen LogP contribution in [0.25, 0.3) is 0 Å². The number of halogens is 1. The first-order chi connectivity index (χ1) is 12.4. The van der Waals surface area contributed by atoms with E-state index in [9.17, 15) is 9.59 Å². The van der Waals surface area contributed by atoms with Crippen molar-refractivity contribution in [3.05, 3.63) is 64.2 Å². The summed E-state index contributed by atoms with van der Waals surface area (Å²) in [5.74, 6) is -0.519. The minimum absolute atomic E-state index is 0.519. The number of anilines is 1. The second-order valence-electron chi connectivity index (χ2n) is 6.06. The van der Waals surface area contributed by atoms with Crippen LogP contribution in [0, 0.1) is 6.92 Å². The molecule has 0 bridgehead atoms. The number of hydrogen-bond donors (Lipinski definition) is 1. The van der Waals surface area contributed by atoms with Crippen molar-refractivity contribution in [2.24, 2.45) is 4.99 Å². The van der Waals surface area contributed by atoms with Gasteiger partial charge in [0.15, 0.2) is 0 Å². The zero-order chi connectivity index (χ0) is 18.8. The molecular formula is C19H18ClN3O3. The Kier molecular flexibility index (Phi) is 4.95. The van der Waals surface area contributed by atoms with Crippen molar-refractivity contribution in [3.8, 4) is 0 Å². The average molecular weight is 372 g/mol. The lowest BCUT2D eigenvalue weighted by atomic mass is 9.96. The van der Waals surface area contributed by atoms with Crippen LogP contribution in [0.3, 0.4) is 0 Å². The van der Waals surface area contributed by atoms with Crippen LogP contribution in [-0.4, -0.2) is 42.9 Å². The van der Waals surface area contributed by atoms with Crippen molar-refractivity contribution in [1.82, 2.24) is 4.90 Å². The third kappa shape index (κ3) is 3.41. The molecule has 1 heterocycles. The smallest absolute Gasteiger partial charge is 0.411 e. The van der Waals surface area contributed by atoms with E-state index in [0.717, 1.165) is 11.1 Å². The molecule has 1 aliphatic rings. The number of benzodiazepines with no additional fused rings is 1. The SMILES string of the molecule is Cc1c(Cl)ccc2c1C(c1ccccc1)=NC(OC(=O)N(C)C)C(=O)N2. The molecule has 2 amide bonds. The quantitative estimate of drug-likeness (QED) is 0.878. The van der Waals surface area contributed by atoms with Gasteiger partial charge in [-0.05, 0) is 24.6 Å². The lowest BCUT2D eigenvalue weighted by Crippen LogP contribution is -2.34. The molecule has 6 nitrogen and oxygen atoms in total. The Bertz CT molecular complexity index is 894. The van der Waals surface area contributed by atoms with Gasteiger partial charge in [-0.2, -0.15) is 0 Å². The number of aliphatic imine (C=N–C) groups is 1. The second-order valence-corrected chi connectivity index (χ2v) is 6.47. The third-order valence-corrected chi connectivity index (χ3v) is 4.40. The first-order valence-corrected chi connectivity index (χ1v) is 8.37. The summed E-state index contributed by atoms with van der Waals surface area (Å²) >= 11 is 6.29. The fraction of sp³-hybridized carbons (Fsp3) is 0.211. The minimum atomic E-state index is -1.30. The zero-order valence-electron chi connectivity index (χ0n) is 14.6. The molecule has 134 valence electrons. The molecule has 0 aromatic heterocycles. The number of carbonyl (C=O) groups is 2. The number of hydrogen-bond acceptors (Lipinski definition) is 4. The van der Waals surface area contributed by atoms with Crippen molar-refractivity contribution in [2.75, 3.05) is 19.4 Å². The van der Waals surface area contributed by atoms with Gasteiger partial charge >= 0.3 is 6.09 Å². The summed E-state index contributed by atoms with van der Waals surface area (Å²) in [4.78, 5) is 30.2. The van der Waals surface area contributed by atoms with Crippen LogP contribution in [0.2, 0.25) is 5.02 Å². The highest BCUT2D eigenvalue weighted by Gasteiger charge is 2.30. The molecule has 26 heavy (non-hydrogen) atoms. The number of ether oxygens (including phenoxy) is 1. The Morgan fingerprint density at radius 1 is 1.19 bits per heavy atom. The Hall–Kier alpha value is -2.86. The molecular weight excluding hydrogens is 354 g/mol. The summed E-state index contributed by atoms with van der Waals surface area (Å²) in [6, 6.07) is 12.8. The van der Waals surface area contributed by atoms with Crippen LogP contribution in [-0.2, 0) is 9.53 Å². The Balaban J connectivity index is 2.18. The van der Waals surface area contributed by atoms with Crippen LogP contribution in [0.5, 0.6) is 0 Å². The molecule has 0 spiro atoms. The summed E-state index contributed by atoms with van der Waals surface area (Å²) < 4.78 is 5.25. The van der Waals surface area contributed by atoms with Crippen molar-refractivity contribution >= 4 is 35.0 Å². The molecule has 1 aliphatic heterocycles. The summed E-state index contributed by atoms with van der Waals surface area (Å²) in [7, 11) is 3.08.